The molecular formula is C22H21N3O2. The highest BCUT2D eigenvalue weighted by molar-refractivity contribution is 6.08. The zero-order chi connectivity index (χ0) is 19.2. The van der Waals surface area contributed by atoms with E-state index in [2.05, 4.69) is 10.6 Å². The van der Waals surface area contributed by atoms with E-state index in [0.29, 0.717) is 22.5 Å². The Kier molecular flexibility index (Phi) is 5.52. The molecule has 136 valence electrons. The second-order valence-corrected chi connectivity index (χ2v) is 6.30. The van der Waals surface area contributed by atoms with Crippen molar-refractivity contribution in [3.63, 3.8) is 0 Å². The molecule has 0 aliphatic rings. The normalized spacial score (nSPS) is 10.1. The van der Waals surface area contributed by atoms with Gasteiger partial charge in [-0.2, -0.15) is 0 Å². The number of anilines is 3. The fraction of sp³-hybridized carbons (Fsp3) is 0.0909. The number of benzene rings is 3. The molecule has 0 fully saturated rings. The number of nitrogens with one attached hydrogen (secondary N) is 2. The van der Waals surface area contributed by atoms with Gasteiger partial charge in [0, 0.05) is 42.3 Å². The summed E-state index contributed by atoms with van der Waals surface area (Å²) in [6.45, 7) is 0. The Morgan fingerprint density at radius 2 is 1.19 bits per heavy atom. The predicted octanol–water partition coefficient (Wildman–Crippen LogP) is 4.26. The molecule has 0 saturated carbocycles. The summed E-state index contributed by atoms with van der Waals surface area (Å²) in [5.74, 6) is -0.520. The maximum Gasteiger partial charge on any atom is 0.255 e. The van der Waals surface area contributed by atoms with Crippen molar-refractivity contribution < 1.29 is 9.59 Å². The van der Waals surface area contributed by atoms with E-state index < -0.39 is 0 Å². The number of amides is 2. The minimum absolute atomic E-state index is 0.258. The first-order valence-electron chi connectivity index (χ1n) is 8.58. The van der Waals surface area contributed by atoms with Crippen LogP contribution in [0.4, 0.5) is 17.1 Å². The average Bonchev–Trinajstić information content (AvgIpc) is 2.69. The number of para-hydroxylation sites is 1. The van der Waals surface area contributed by atoms with Gasteiger partial charge in [-0.1, -0.05) is 24.3 Å². The van der Waals surface area contributed by atoms with Gasteiger partial charge in [0.05, 0.1) is 0 Å². The number of hydrogen-bond donors (Lipinski definition) is 2. The van der Waals surface area contributed by atoms with Crippen molar-refractivity contribution >= 4 is 28.9 Å². The maximum atomic E-state index is 12.5. The van der Waals surface area contributed by atoms with Gasteiger partial charge in [0.2, 0.25) is 0 Å². The van der Waals surface area contributed by atoms with Crippen LogP contribution in [0.5, 0.6) is 0 Å². The van der Waals surface area contributed by atoms with Crippen molar-refractivity contribution in [1.82, 2.24) is 0 Å². The number of carbonyl (C=O) groups is 2. The van der Waals surface area contributed by atoms with Gasteiger partial charge in [-0.25, -0.2) is 0 Å². The Balaban J connectivity index is 1.70. The average molecular weight is 359 g/mol. The van der Waals surface area contributed by atoms with Crippen LogP contribution in [0.2, 0.25) is 0 Å². The van der Waals surface area contributed by atoms with E-state index in [1.165, 1.54) is 0 Å². The predicted molar refractivity (Wildman–Crippen MR) is 110 cm³/mol. The largest absolute Gasteiger partial charge is 0.378 e. The van der Waals surface area contributed by atoms with Gasteiger partial charge in [0.25, 0.3) is 11.8 Å². The summed E-state index contributed by atoms with van der Waals surface area (Å²) >= 11 is 0. The molecule has 3 aromatic rings. The van der Waals surface area contributed by atoms with Crippen LogP contribution in [-0.2, 0) is 0 Å². The van der Waals surface area contributed by atoms with E-state index in [1.807, 2.05) is 73.6 Å². The number of hydrogen-bond acceptors (Lipinski definition) is 3. The number of carbonyl (C=O) groups excluding carboxylic acids is 2. The zero-order valence-electron chi connectivity index (χ0n) is 15.3. The van der Waals surface area contributed by atoms with Crippen LogP contribution < -0.4 is 15.5 Å². The zero-order valence-corrected chi connectivity index (χ0v) is 15.3. The lowest BCUT2D eigenvalue weighted by Gasteiger charge is -2.13. The van der Waals surface area contributed by atoms with Crippen molar-refractivity contribution in [2.24, 2.45) is 0 Å². The summed E-state index contributed by atoms with van der Waals surface area (Å²) in [7, 11) is 3.92. The SMILES string of the molecule is CN(C)c1ccc(NC(=O)c2cccc(C(=O)Nc3ccccc3)c2)cc1. The quantitative estimate of drug-likeness (QED) is 0.716. The van der Waals surface area contributed by atoms with Crippen LogP contribution in [-0.4, -0.2) is 25.9 Å². The first kappa shape index (κ1) is 18.2. The van der Waals surface area contributed by atoms with E-state index >= 15 is 0 Å². The molecule has 0 aliphatic carbocycles. The molecule has 0 bridgehead atoms. The van der Waals surface area contributed by atoms with Crippen molar-refractivity contribution in [3.05, 3.63) is 90.0 Å². The third-order valence-corrected chi connectivity index (χ3v) is 4.06. The maximum absolute atomic E-state index is 12.5. The van der Waals surface area contributed by atoms with E-state index in [4.69, 9.17) is 0 Å². The first-order chi connectivity index (χ1) is 13.0. The molecule has 0 atom stereocenters. The molecule has 0 aromatic heterocycles. The van der Waals surface area contributed by atoms with Gasteiger partial charge in [-0.15, -0.1) is 0 Å². The second-order valence-electron chi connectivity index (χ2n) is 6.30. The van der Waals surface area contributed by atoms with E-state index in [1.54, 1.807) is 24.3 Å². The molecule has 27 heavy (non-hydrogen) atoms. The molecule has 0 heterocycles. The highest BCUT2D eigenvalue weighted by Gasteiger charge is 2.11. The van der Waals surface area contributed by atoms with Crippen LogP contribution in [0.3, 0.4) is 0 Å². The summed E-state index contributed by atoms with van der Waals surface area (Å²) in [6, 6.07) is 23.4. The molecule has 2 amide bonds. The van der Waals surface area contributed by atoms with Crippen LogP contribution in [0.15, 0.2) is 78.9 Å². The molecule has 0 radical (unpaired) electrons. The fourth-order valence-electron chi connectivity index (χ4n) is 2.57. The smallest absolute Gasteiger partial charge is 0.255 e. The van der Waals surface area contributed by atoms with E-state index in [9.17, 15) is 9.59 Å². The summed E-state index contributed by atoms with van der Waals surface area (Å²) in [6.07, 6.45) is 0. The Hall–Kier alpha value is -3.60. The summed E-state index contributed by atoms with van der Waals surface area (Å²) in [4.78, 5) is 26.9. The lowest BCUT2D eigenvalue weighted by Crippen LogP contribution is -2.15. The van der Waals surface area contributed by atoms with E-state index in [-0.39, 0.29) is 11.8 Å². The van der Waals surface area contributed by atoms with Gasteiger partial charge in [-0.3, -0.25) is 9.59 Å². The molecule has 5 nitrogen and oxygen atoms in total. The van der Waals surface area contributed by atoms with Gasteiger partial charge in [-0.05, 0) is 54.6 Å². The minimum atomic E-state index is -0.262. The van der Waals surface area contributed by atoms with Crippen LogP contribution >= 0.6 is 0 Å². The highest BCUT2D eigenvalue weighted by atomic mass is 16.2. The molecule has 5 heteroatoms. The number of nitrogens with zero attached hydrogens (tertiary/aromatic N) is 1. The highest BCUT2D eigenvalue weighted by Crippen LogP contribution is 2.17. The molecule has 2 N–H and O–H groups in total. The lowest BCUT2D eigenvalue weighted by atomic mass is 10.1. The Morgan fingerprint density at radius 1 is 0.667 bits per heavy atom. The van der Waals surface area contributed by atoms with Gasteiger partial charge in [0.1, 0.15) is 0 Å². The van der Waals surface area contributed by atoms with Crippen LogP contribution in [0, 0.1) is 0 Å². The summed E-state index contributed by atoms with van der Waals surface area (Å²) in [5.41, 5.74) is 3.30. The Bertz CT molecular complexity index is 935. The lowest BCUT2D eigenvalue weighted by molar-refractivity contribution is 0.102. The second kappa shape index (κ2) is 8.19. The molecule has 0 aliphatic heterocycles. The first-order valence-corrected chi connectivity index (χ1v) is 8.58. The van der Waals surface area contributed by atoms with Crippen molar-refractivity contribution in [3.8, 4) is 0 Å². The van der Waals surface area contributed by atoms with Crippen molar-refractivity contribution in [2.45, 2.75) is 0 Å². The molecule has 0 spiro atoms. The van der Waals surface area contributed by atoms with Crippen molar-refractivity contribution in [1.29, 1.82) is 0 Å². The molecule has 0 saturated heterocycles. The van der Waals surface area contributed by atoms with Crippen LogP contribution in [0.25, 0.3) is 0 Å². The minimum Gasteiger partial charge on any atom is -0.378 e. The molecule has 3 aromatic carbocycles. The molecule has 3 rings (SSSR count). The Morgan fingerprint density at radius 3 is 1.70 bits per heavy atom. The van der Waals surface area contributed by atoms with Gasteiger partial charge >= 0.3 is 0 Å². The Labute approximate surface area is 158 Å². The van der Waals surface area contributed by atoms with E-state index in [0.717, 1.165) is 5.69 Å². The summed E-state index contributed by atoms with van der Waals surface area (Å²) in [5, 5.41) is 5.67. The van der Waals surface area contributed by atoms with Gasteiger partial charge in [0.15, 0.2) is 0 Å². The van der Waals surface area contributed by atoms with Crippen molar-refractivity contribution in [2.75, 3.05) is 29.6 Å². The fourth-order valence-corrected chi connectivity index (χ4v) is 2.57. The molecular weight excluding hydrogens is 338 g/mol. The third-order valence-electron chi connectivity index (χ3n) is 4.06. The standard InChI is InChI=1S/C22H21N3O2/c1-25(2)20-13-11-19(12-14-20)24-22(27)17-8-6-7-16(15-17)21(26)23-18-9-4-3-5-10-18/h3-15H,1-2H3,(H,23,26)(H,24,27). The topological polar surface area (TPSA) is 61.4 Å². The van der Waals surface area contributed by atoms with Crippen LogP contribution in [0.1, 0.15) is 20.7 Å². The van der Waals surface area contributed by atoms with Gasteiger partial charge < -0.3 is 15.5 Å². The third kappa shape index (κ3) is 4.73. The summed E-state index contributed by atoms with van der Waals surface area (Å²) < 4.78 is 0. The monoisotopic (exact) mass is 359 g/mol. The number of rotatable bonds is 5. The molecule has 0 unspecified atom stereocenters.